The minimum atomic E-state index is -0.490. The third kappa shape index (κ3) is 5.48. The van der Waals surface area contributed by atoms with E-state index in [0.717, 1.165) is 11.3 Å². The van der Waals surface area contributed by atoms with Crippen LogP contribution in [0.3, 0.4) is 0 Å². The van der Waals surface area contributed by atoms with Crippen LogP contribution in [0.25, 0.3) is 0 Å². The molecule has 0 spiro atoms. The zero-order chi connectivity index (χ0) is 22.3. The van der Waals surface area contributed by atoms with Gasteiger partial charge in [-0.05, 0) is 29.8 Å². The van der Waals surface area contributed by atoms with Gasteiger partial charge in [-0.1, -0.05) is 24.3 Å². The van der Waals surface area contributed by atoms with E-state index in [1.54, 1.807) is 28.0 Å². The number of esters is 1. The molecule has 0 unspecified atom stereocenters. The number of nitrogens with zero attached hydrogens (tertiary/aromatic N) is 2. The van der Waals surface area contributed by atoms with E-state index in [0.29, 0.717) is 50.9 Å². The molecular formula is C23H25N3O6. The molecule has 32 heavy (non-hydrogen) atoms. The van der Waals surface area contributed by atoms with Gasteiger partial charge in [0, 0.05) is 31.9 Å². The van der Waals surface area contributed by atoms with Gasteiger partial charge in [0.25, 0.3) is 5.91 Å². The highest BCUT2D eigenvalue weighted by molar-refractivity contribution is 5.89. The van der Waals surface area contributed by atoms with Crippen LogP contribution in [0.2, 0.25) is 0 Å². The Labute approximate surface area is 185 Å². The third-order valence-electron chi connectivity index (χ3n) is 5.26. The molecule has 3 amide bonds. The van der Waals surface area contributed by atoms with Crippen molar-refractivity contribution in [3.05, 3.63) is 54.1 Å². The Morgan fingerprint density at radius 2 is 1.56 bits per heavy atom. The van der Waals surface area contributed by atoms with Gasteiger partial charge in [-0.15, -0.1) is 0 Å². The van der Waals surface area contributed by atoms with E-state index in [4.69, 9.17) is 14.2 Å². The first-order chi connectivity index (χ1) is 15.6. The number of ether oxygens (including phenoxy) is 3. The summed E-state index contributed by atoms with van der Waals surface area (Å²) in [6.45, 7) is 2.26. The molecule has 9 nitrogen and oxygen atoms in total. The number of hydrogen-bond donors (Lipinski definition) is 1. The number of para-hydroxylation sites is 1. The van der Waals surface area contributed by atoms with Gasteiger partial charge in [-0.2, -0.15) is 0 Å². The lowest BCUT2D eigenvalue weighted by Crippen LogP contribution is -2.52. The van der Waals surface area contributed by atoms with Crippen molar-refractivity contribution in [2.45, 2.75) is 6.42 Å². The van der Waals surface area contributed by atoms with E-state index in [9.17, 15) is 14.4 Å². The molecule has 9 heteroatoms. The topological polar surface area (TPSA) is 97.4 Å². The fraction of sp³-hybridized carbons (Fsp3) is 0.348. The lowest BCUT2D eigenvalue weighted by atomic mass is 10.1. The molecule has 0 atom stereocenters. The number of piperazine rings is 1. The van der Waals surface area contributed by atoms with Crippen molar-refractivity contribution in [1.29, 1.82) is 0 Å². The molecule has 1 fully saturated rings. The maximum atomic E-state index is 12.4. The molecule has 0 radical (unpaired) electrons. The summed E-state index contributed by atoms with van der Waals surface area (Å²) in [7, 11) is 0. The maximum absolute atomic E-state index is 12.4. The Balaban J connectivity index is 1.19. The minimum absolute atomic E-state index is 0.0390. The molecule has 0 saturated carbocycles. The van der Waals surface area contributed by atoms with Crippen molar-refractivity contribution in [2.75, 3.05) is 51.3 Å². The highest BCUT2D eigenvalue weighted by Crippen LogP contribution is 2.30. The smallest absolute Gasteiger partial charge is 0.321 e. The summed E-state index contributed by atoms with van der Waals surface area (Å²) >= 11 is 0. The number of carbonyl (C=O) groups excluding carboxylic acids is 3. The van der Waals surface area contributed by atoms with Gasteiger partial charge in [0.2, 0.25) is 0 Å². The van der Waals surface area contributed by atoms with Crippen molar-refractivity contribution in [3.63, 3.8) is 0 Å². The Hall–Kier alpha value is -3.75. The highest BCUT2D eigenvalue weighted by atomic mass is 16.6. The molecule has 2 aromatic rings. The quantitative estimate of drug-likeness (QED) is 0.715. The van der Waals surface area contributed by atoms with Crippen LogP contribution in [0, 0.1) is 0 Å². The van der Waals surface area contributed by atoms with E-state index in [1.807, 2.05) is 30.3 Å². The molecule has 1 saturated heterocycles. The maximum Gasteiger partial charge on any atom is 0.321 e. The summed E-state index contributed by atoms with van der Waals surface area (Å²) in [6, 6.07) is 14.3. The van der Waals surface area contributed by atoms with Crippen LogP contribution >= 0.6 is 0 Å². The molecule has 0 bridgehead atoms. The number of hydrogen-bond acceptors (Lipinski definition) is 6. The molecule has 4 rings (SSSR count). The van der Waals surface area contributed by atoms with E-state index in [1.165, 1.54) is 0 Å². The number of carbonyl (C=O) groups is 3. The molecule has 0 aliphatic carbocycles. The predicted molar refractivity (Wildman–Crippen MR) is 116 cm³/mol. The lowest BCUT2D eigenvalue weighted by Gasteiger charge is -2.34. The Morgan fingerprint density at radius 3 is 2.31 bits per heavy atom. The van der Waals surface area contributed by atoms with Crippen LogP contribution in [0.1, 0.15) is 5.56 Å². The van der Waals surface area contributed by atoms with Crippen LogP contribution < -0.4 is 14.8 Å². The van der Waals surface area contributed by atoms with Gasteiger partial charge in [-0.25, -0.2) is 4.79 Å². The zero-order valence-electron chi connectivity index (χ0n) is 17.6. The van der Waals surface area contributed by atoms with E-state index >= 15 is 0 Å². The molecule has 2 aromatic carbocycles. The average Bonchev–Trinajstić information content (AvgIpc) is 2.83. The van der Waals surface area contributed by atoms with Crippen LogP contribution in [-0.4, -0.2) is 73.7 Å². The second-order valence-corrected chi connectivity index (χ2v) is 7.48. The molecule has 2 heterocycles. The largest absolute Gasteiger partial charge is 0.486 e. The van der Waals surface area contributed by atoms with Crippen LogP contribution in [0.4, 0.5) is 10.5 Å². The molecule has 2 aliphatic rings. The zero-order valence-corrected chi connectivity index (χ0v) is 17.6. The lowest BCUT2D eigenvalue weighted by molar-refractivity contribution is -0.152. The third-order valence-corrected chi connectivity index (χ3v) is 5.26. The monoisotopic (exact) mass is 439 g/mol. The molecule has 2 aliphatic heterocycles. The highest BCUT2D eigenvalue weighted by Gasteiger charge is 2.25. The Kier molecular flexibility index (Phi) is 6.74. The Bertz CT molecular complexity index is 973. The number of fused-ring (bicyclic) bond motifs is 1. The number of rotatable bonds is 5. The van der Waals surface area contributed by atoms with Crippen molar-refractivity contribution < 1.29 is 28.6 Å². The molecule has 1 N–H and O–H groups in total. The first-order valence-electron chi connectivity index (χ1n) is 10.5. The van der Waals surface area contributed by atoms with E-state index < -0.39 is 5.97 Å². The van der Waals surface area contributed by atoms with Gasteiger partial charge in [0.1, 0.15) is 13.2 Å². The molecule has 168 valence electrons. The predicted octanol–water partition coefficient (Wildman–Crippen LogP) is 1.92. The van der Waals surface area contributed by atoms with Crippen LogP contribution in [0.5, 0.6) is 11.5 Å². The van der Waals surface area contributed by atoms with Crippen molar-refractivity contribution in [3.8, 4) is 11.5 Å². The summed E-state index contributed by atoms with van der Waals surface area (Å²) in [5, 5.41) is 2.84. The first-order valence-corrected chi connectivity index (χ1v) is 10.5. The number of benzene rings is 2. The molecular weight excluding hydrogens is 414 g/mol. The first kappa shape index (κ1) is 21.5. The summed E-state index contributed by atoms with van der Waals surface area (Å²) in [6.07, 6.45) is 0.0390. The fourth-order valence-corrected chi connectivity index (χ4v) is 3.53. The van der Waals surface area contributed by atoms with Gasteiger partial charge < -0.3 is 29.3 Å². The number of anilines is 1. The summed E-state index contributed by atoms with van der Waals surface area (Å²) in [4.78, 5) is 40.2. The van der Waals surface area contributed by atoms with E-state index in [-0.39, 0.29) is 25.0 Å². The SMILES string of the molecule is O=C(Cc1ccc2c(c1)OCCO2)OCC(=O)N1CCN(C(=O)Nc2ccccc2)CC1. The van der Waals surface area contributed by atoms with Crippen molar-refractivity contribution in [1.82, 2.24) is 9.80 Å². The average molecular weight is 439 g/mol. The molecule has 0 aromatic heterocycles. The minimum Gasteiger partial charge on any atom is -0.486 e. The fourth-order valence-electron chi connectivity index (χ4n) is 3.53. The summed E-state index contributed by atoms with van der Waals surface area (Å²) in [5.74, 6) is 0.492. The van der Waals surface area contributed by atoms with Gasteiger partial charge in [0.15, 0.2) is 18.1 Å². The van der Waals surface area contributed by atoms with E-state index in [2.05, 4.69) is 5.32 Å². The number of amides is 3. The Morgan fingerprint density at radius 1 is 0.875 bits per heavy atom. The van der Waals surface area contributed by atoms with Gasteiger partial charge in [0.05, 0.1) is 6.42 Å². The normalized spacial score (nSPS) is 15.1. The standard InChI is InChI=1S/C23H25N3O6/c27-21(16-32-22(28)15-17-6-7-19-20(14-17)31-13-12-30-19)25-8-10-26(11-9-25)23(29)24-18-4-2-1-3-5-18/h1-7,14H,8-13,15-16H2,(H,24,29). The number of urea groups is 1. The summed E-state index contributed by atoms with van der Waals surface area (Å²) in [5.41, 5.74) is 1.45. The second-order valence-electron chi connectivity index (χ2n) is 7.48. The van der Waals surface area contributed by atoms with Crippen LogP contribution in [-0.2, 0) is 20.7 Å². The summed E-state index contributed by atoms with van der Waals surface area (Å²) < 4.78 is 16.1. The van der Waals surface area contributed by atoms with Crippen LogP contribution in [0.15, 0.2) is 48.5 Å². The van der Waals surface area contributed by atoms with Crippen molar-refractivity contribution >= 4 is 23.6 Å². The van der Waals surface area contributed by atoms with Crippen molar-refractivity contribution in [2.24, 2.45) is 0 Å². The van der Waals surface area contributed by atoms with Gasteiger partial charge in [-0.3, -0.25) is 9.59 Å². The second kappa shape index (κ2) is 10.0. The number of nitrogens with one attached hydrogen (secondary N) is 1. The van der Waals surface area contributed by atoms with Gasteiger partial charge >= 0.3 is 12.0 Å².